The van der Waals surface area contributed by atoms with E-state index in [-0.39, 0.29) is 47.4 Å². The Labute approximate surface area is 191 Å². The van der Waals surface area contributed by atoms with E-state index in [9.17, 15) is 21.6 Å². The number of sulfone groups is 1. The van der Waals surface area contributed by atoms with Gasteiger partial charge in [-0.05, 0) is 81.0 Å². The zero-order valence-corrected chi connectivity index (χ0v) is 20.9. The molecule has 32 heavy (non-hydrogen) atoms. The van der Waals surface area contributed by atoms with Crippen LogP contribution in [0.1, 0.15) is 40.7 Å². The molecule has 2 N–H and O–H groups in total. The van der Waals surface area contributed by atoms with Crippen LogP contribution in [0.15, 0.2) is 40.1 Å². The number of sulfonamides is 1. The second-order valence-corrected chi connectivity index (χ2v) is 11.8. The van der Waals surface area contributed by atoms with Gasteiger partial charge in [-0.1, -0.05) is 18.2 Å². The topological polar surface area (TPSA) is 109 Å². The first-order valence-corrected chi connectivity index (χ1v) is 13.6. The molecule has 0 aliphatic heterocycles. The summed E-state index contributed by atoms with van der Waals surface area (Å²) in [5.74, 6) is -0.413. The molecule has 0 aromatic heterocycles. The first-order chi connectivity index (χ1) is 14.9. The van der Waals surface area contributed by atoms with E-state index in [1.165, 1.54) is 0 Å². The lowest BCUT2D eigenvalue weighted by Crippen LogP contribution is -2.32. The third-order valence-corrected chi connectivity index (χ3v) is 9.41. The van der Waals surface area contributed by atoms with Crippen LogP contribution in [0.25, 0.3) is 0 Å². The van der Waals surface area contributed by atoms with Crippen LogP contribution in [0.2, 0.25) is 0 Å². The monoisotopic (exact) mass is 480 g/mol. The van der Waals surface area contributed by atoms with Crippen molar-refractivity contribution in [2.45, 2.75) is 57.3 Å². The van der Waals surface area contributed by atoms with Gasteiger partial charge in [-0.2, -0.15) is 0 Å². The van der Waals surface area contributed by atoms with Gasteiger partial charge in [0, 0.05) is 19.5 Å². The van der Waals surface area contributed by atoms with Crippen molar-refractivity contribution >= 4 is 25.8 Å². The van der Waals surface area contributed by atoms with Crippen LogP contribution in [0.3, 0.4) is 0 Å². The lowest BCUT2D eigenvalue weighted by atomic mass is 9.95. The highest BCUT2D eigenvalue weighted by atomic mass is 32.2. The number of rotatable bonds is 10. The molecular weight excluding hydrogens is 448 g/mol. The fourth-order valence-corrected chi connectivity index (χ4v) is 6.52. The van der Waals surface area contributed by atoms with Gasteiger partial charge in [0.15, 0.2) is 9.84 Å². The highest BCUT2D eigenvalue weighted by Crippen LogP contribution is 2.29. The fraction of sp³-hybridized carbons (Fsp3) is 0.435. The van der Waals surface area contributed by atoms with E-state index in [0.29, 0.717) is 11.1 Å². The maximum atomic E-state index is 12.9. The highest BCUT2D eigenvalue weighted by Gasteiger charge is 2.23. The number of carbonyl (C=O) groups is 1. The van der Waals surface area contributed by atoms with Gasteiger partial charge >= 0.3 is 0 Å². The summed E-state index contributed by atoms with van der Waals surface area (Å²) in [7, 11) is -7.15. The SMILES string of the molecule is Cc1c(C)c(C)c(S(=O)(=O)NCCC(=O)NCCCS(=O)(=O)c2ccccc2)c(C)c1C. The smallest absolute Gasteiger partial charge is 0.241 e. The summed E-state index contributed by atoms with van der Waals surface area (Å²) in [6.45, 7) is 9.53. The van der Waals surface area contributed by atoms with Crippen LogP contribution in [0, 0.1) is 34.6 Å². The van der Waals surface area contributed by atoms with Crippen LogP contribution < -0.4 is 10.0 Å². The summed E-state index contributed by atoms with van der Waals surface area (Å²) in [5.41, 5.74) is 4.38. The van der Waals surface area contributed by atoms with Crippen molar-refractivity contribution in [2.75, 3.05) is 18.8 Å². The molecule has 0 fully saturated rings. The molecule has 176 valence electrons. The molecule has 2 rings (SSSR count). The van der Waals surface area contributed by atoms with Crippen molar-refractivity contribution in [3.8, 4) is 0 Å². The van der Waals surface area contributed by atoms with E-state index >= 15 is 0 Å². The van der Waals surface area contributed by atoms with Crippen molar-refractivity contribution < 1.29 is 21.6 Å². The Bertz CT molecular complexity index is 1160. The van der Waals surface area contributed by atoms with E-state index < -0.39 is 19.9 Å². The van der Waals surface area contributed by atoms with Gasteiger partial charge in [-0.3, -0.25) is 4.79 Å². The molecule has 0 radical (unpaired) electrons. The Hall–Kier alpha value is -2.23. The van der Waals surface area contributed by atoms with Crippen LogP contribution >= 0.6 is 0 Å². The second kappa shape index (κ2) is 10.6. The number of amides is 1. The largest absolute Gasteiger partial charge is 0.356 e. The third kappa shape index (κ3) is 6.17. The predicted octanol–water partition coefficient (Wildman–Crippen LogP) is 2.88. The number of nitrogens with one attached hydrogen (secondary N) is 2. The molecule has 1 amide bonds. The molecule has 0 bridgehead atoms. The molecular formula is C23H32N2O5S2. The molecule has 0 heterocycles. The maximum Gasteiger partial charge on any atom is 0.241 e. The molecule has 0 spiro atoms. The second-order valence-electron chi connectivity index (χ2n) is 7.94. The van der Waals surface area contributed by atoms with Crippen molar-refractivity contribution in [1.82, 2.24) is 10.0 Å². The average Bonchev–Trinajstić information content (AvgIpc) is 2.74. The normalized spacial score (nSPS) is 12.0. The van der Waals surface area contributed by atoms with E-state index in [2.05, 4.69) is 10.0 Å². The van der Waals surface area contributed by atoms with Gasteiger partial charge in [-0.25, -0.2) is 21.6 Å². The molecule has 0 aliphatic rings. The summed E-state index contributed by atoms with van der Waals surface area (Å²) in [6.07, 6.45) is 0.238. The summed E-state index contributed by atoms with van der Waals surface area (Å²) >= 11 is 0. The van der Waals surface area contributed by atoms with E-state index in [0.717, 1.165) is 16.7 Å². The average molecular weight is 481 g/mol. The van der Waals surface area contributed by atoms with Crippen LogP contribution in [-0.4, -0.2) is 41.6 Å². The van der Waals surface area contributed by atoms with E-state index in [1.54, 1.807) is 44.2 Å². The Morgan fingerprint density at radius 2 is 1.31 bits per heavy atom. The molecule has 0 aliphatic carbocycles. The molecule has 2 aromatic carbocycles. The van der Waals surface area contributed by atoms with Gasteiger partial charge in [0.05, 0.1) is 15.5 Å². The fourth-order valence-electron chi connectivity index (χ4n) is 3.56. The molecule has 9 heteroatoms. The predicted molar refractivity (Wildman–Crippen MR) is 126 cm³/mol. The molecule has 2 aromatic rings. The highest BCUT2D eigenvalue weighted by molar-refractivity contribution is 7.91. The van der Waals surface area contributed by atoms with Crippen molar-refractivity contribution in [2.24, 2.45) is 0 Å². The van der Waals surface area contributed by atoms with Crippen LogP contribution in [-0.2, 0) is 24.7 Å². The molecule has 0 atom stereocenters. The first-order valence-electron chi connectivity index (χ1n) is 10.5. The lowest BCUT2D eigenvalue weighted by Gasteiger charge is -2.19. The zero-order valence-electron chi connectivity index (χ0n) is 19.3. The Morgan fingerprint density at radius 3 is 1.88 bits per heavy atom. The summed E-state index contributed by atoms with van der Waals surface area (Å²) in [6, 6.07) is 8.16. The van der Waals surface area contributed by atoms with Crippen molar-refractivity contribution in [1.29, 1.82) is 0 Å². The number of carbonyl (C=O) groups excluding carboxylic acids is 1. The Kier molecular flexibility index (Phi) is 8.61. The van der Waals surface area contributed by atoms with Gasteiger partial charge < -0.3 is 5.32 Å². The summed E-state index contributed by atoms with van der Waals surface area (Å²) < 4.78 is 52.7. The number of hydrogen-bond acceptors (Lipinski definition) is 5. The Morgan fingerprint density at radius 1 is 0.781 bits per heavy atom. The van der Waals surface area contributed by atoms with Gasteiger partial charge in [0.1, 0.15) is 0 Å². The molecule has 0 unspecified atom stereocenters. The van der Waals surface area contributed by atoms with Crippen LogP contribution in [0.4, 0.5) is 0 Å². The maximum absolute atomic E-state index is 12.9. The van der Waals surface area contributed by atoms with Crippen LogP contribution in [0.5, 0.6) is 0 Å². The van der Waals surface area contributed by atoms with E-state index in [4.69, 9.17) is 0 Å². The summed E-state index contributed by atoms with van der Waals surface area (Å²) in [4.78, 5) is 12.6. The zero-order chi connectivity index (χ0) is 24.1. The molecule has 0 saturated heterocycles. The number of hydrogen-bond donors (Lipinski definition) is 2. The minimum atomic E-state index is -3.76. The van der Waals surface area contributed by atoms with E-state index in [1.807, 2.05) is 20.8 Å². The van der Waals surface area contributed by atoms with Gasteiger partial charge in [0.25, 0.3) is 0 Å². The molecule has 7 nitrogen and oxygen atoms in total. The summed E-state index contributed by atoms with van der Waals surface area (Å²) in [5, 5.41) is 2.64. The first kappa shape index (κ1) is 26.0. The molecule has 0 saturated carbocycles. The minimum absolute atomic E-state index is 0.0351. The van der Waals surface area contributed by atoms with Crippen molar-refractivity contribution in [3.63, 3.8) is 0 Å². The van der Waals surface area contributed by atoms with Crippen molar-refractivity contribution in [3.05, 3.63) is 58.1 Å². The van der Waals surface area contributed by atoms with Gasteiger partial charge in [0.2, 0.25) is 15.9 Å². The number of benzene rings is 2. The quantitative estimate of drug-likeness (QED) is 0.508. The van der Waals surface area contributed by atoms with Gasteiger partial charge in [-0.15, -0.1) is 0 Å². The lowest BCUT2D eigenvalue weighted by molar-refractivity contribution is -0.120. The Balaban J connectivity index is 1.86. The third-order valence-electron chi connectivity index (χ3n) is 5.86. The minimum Gasteiger partial charge on any atom is -0.356 e. The standard InChI is InChI=1S/C23H32N2O5S2/c1-16-17(2)19(4)23(20(5)18(16)3)32(29,30)25-14-12-22(26)24-13-9-15-31(27,28)21-10-7-6-8-11-21/h6-8,10-11,25H,9,12-15H2,1-5H3,(H,24,26).